The average molecular weight is 391 g/mol. The summed E-state index contributed by atoms with van der Waals surface area (Å²) < 4.78 is 0. The van der Waals surface area contributed by atoms with Crippen LogP contribution in [0.1, 0.15) is 29.2 Å². The van der Waals surface area contributed by atoms with E-state index in [2.05, 4.69) is 36.5 Å². The Morgan fingerprint density at radius 2 is 1.71 bits per heavy atom. The number of halogens is 1. The molecule has 1 heterocycles. The summed E-state index contributed by atoms with van der Waals surface area (Å²) in [5.41, 5.74) is 6.51. The standard InChI is InChI=1S/C24H23ClN2O/c1-2-16-3-5-17(6-4-16)13-20-15-26-23-12-9-19(25)14-22(23)24(27-20)18-7-10-21(28)11-8-18/h3-12,14,20,26,28H,2,13,15H2,1H3. The highest BCUT2D eigenvalue weighted by atomic mass is 35.5. The van der Waals surface area contributed by atoms with Crippen LogP contribution in [0.2, 0.25) is 5.02 Å². The van der Waals surface area contributed by atoms with Crippen molar-refractivity contribution in [2.75, 3.05) is 11.9 Å². The minimum atomic E-state index is 0.0995. The quantitative estimate of drug-likeness (QED) is 0.619. The molecule has 2 N–H and O–H groups in total. The largest absolute Gasteiger partial charge is 0.508 e. The Hall–Kier alpha value is -2.78. The van der Waals surface area contributed by atoms with E-state index in [0.29, 0.717) is 5.02 Å². The van der Waals surface area contributed by atoms with Crippen LogP contribution in [0.5, 0.6) is 5.75 Å². The lowest BCUT2D eigenvalue weighted by Gasteiger charge is -2.13. The van der Waals surface area contributed by atoms with E-state index >= 15 is 0 Å². The van der Waals surface area contributed by atoms with Crippen molar-refractivity contribution in [1.82, 2.24) is 0 Å². The zero-order valence-corrected chi connectivity index (χ0v) is 16.6. The van der Waals surface area contributed by atoms with Crippen LogP contribution in [-0.4, -0.2) is 23.4 Å². The van der Waals surface area contributed by atoms with Gasteiger partial charge in [-0.2, -0.15) is 0 Å². The molecule has 1 atom stereocenters. The van der Waals surface area contributed by atoms with Gasteiger partial charge in [0.05, 0.1) is 11.8 Å². The molecular formula is C24H23ClN2O. The fraction of sp³-hybridized carbons (Fsp3) is 0.208. The fourth-order valence-corrected chi connectivity index (χ4v) is 3.71. The molecular weight excluding hydrogens is 368 g/mol. The molecule has 1 unspecified atom stereocenters. The summed E-state index contributed by atoms with van der Waals surface area (Å²) >= 11 is 6.28. The Kier molecular flexibility index (Phi) is 5.36. The Bertz CT molecular complexity index is 994. The van der Waals surface area contributed by atoms with Gasteiger partial charge in [-0.25, -0.2) is 0 Å². The topological polar surface area (TPSA) is 44.6 Å². The van der Waals surface area contributed by atoms with Crippen molar-refractivity contribution < 1.29 is 5.11 Å². The van der Waals surface area contributed by atoms with Crippen molar-refractivity contribution in [1.29, 1.82) is 0 Å². The number of phenolic OH excluding ortho intramolecular Hbond substituents is 1. The third kappa shape index (κ3) is 4.05. The lowest BCUT2D eigenvalue weighted by Crippen LogP contribution is -2.20. The van der Waals surface area contributed by atoms with Crippen LogP contribution in [0.4, 0.5) is 5.69 Å². The van der Waals surface area contributed by atoms with E-state index in [1.54, 1.807) is 12.1 Å². The summed E-state index contributed by atoms with van der Waals surface area (Å²) in [5.74, 6) is 0.245. The molecule has 3 nitrogen and oxygen atoms in total. The van der Waals surface area contributed by atoms with Crippen molar-refractivity contribution in [2.24, 2.45) is 4.99 Å². The Labute approximate surface area is 170 Å². The summed E-state index contributed by atoms with van der Waals surface area (Å²) in [6.07, 6.45) is 1.91. The van der Waals surface area contributed by atoms with Gasteiger partial charge in [0.1, 0.15) is 5.75 Å². The first-order valence-corrected chi connectivity index (χ1v) is 9.99. The van der Waals surface area contributed by atoms with Crippen molar-refractivity contribution in [3.63, 3.8) is 0 Å². The molecule has 4 rings (SSSR count). The summed E-state index contributed by atoms with van der Waals surface area (Å²) in [4.78, 5) is 5.11. The van der Waals surface area contributed by atoms with Gasteiger partial charge in [-0.05, 0) is 66.4 Å². The van der Waals surface area contributed by atoms with Crippen LogP contribution in [0.3, 0.4) is 0 Å². The highest BCUT2D eigenvalue weighted by molar-refractivity contribution is 6.31. The van der Waals surface area contributed by atoms with E-state index in [9.17, 15) is 5.11 Å². The van der Waals surface area contributed by atoms with Gasteiger partial charge in [-0.15, -0.1) is 0 Å². The third-order valence-electron chi connectivity index (χ3n) is 5.12. The molecule has 4 heteroatoms. The zero-order chi connectivity index (χ0) is 19.5. The maximum atomic E-state index is 9.67. The van der Waals surface area contributed by atoms with Crippen LogP contribution >= 0.6 is 11.6 Å². The molecule has 0 saturated heterocycles. The van der Waals surface area contributed by atoms with Gasteiger partial charge < -0.3 is 10.4 Å². The van der Waals surface area contributed by atoms with Crippen molar-refractivity contribution in [3.8, 4) is 5.75 Å². The number of rotatable bonds is 4. The highest BCUT2D eigenvalue weighted by Crippen LogP contribution is 2.28. The van der Waals surface area contributed by atoms with E-state index in [4.69, 9.17) is 16.6 Å². The van der Waals surface area contributed by atoms with Gasteiger partial charge in [-0.1, -0.05) is 42.8 Å². The molecule has 0 saturated carbocycles. The number of aryl methyl sites for hydroxylation is 1. The second kappa shape index (κ2) is 8.07. The van der Waals surface area contributed by atoms with Crippen molar-refractivity contribution in [2.45, 2.75) is 25.8 Å². The normalized spacial score (nSPS) is 15.9. The number of hydrogen-bond donors (Lipinski definition) is 2. The van der Waals surface area contributed by atoms with Gasteiger partial charge in [0.15, 0.2) is 0 Å². The fourth-order valence-electron chi connectivity index (χ4n) is 3.54. The summed E-state index contributed by atoms with van der Waals surface area (Å²) in [5, 5.41) is 13.9. The van der Waals surface area contributed by atoms with E-state index in [-0.39, 0.29) is 11.8 Å². The maximum Gasteiger partial charge on any atom is 0.115 e. The van der Waals surface area contributed by atoms with Crippen LogP contribution < -0.4 is 5.32 Å². The highest BCUT2D eigenvalue weighted by Gasteiger charge is 2.20. The number of aromatic hydroxyl groups is 1. The molecule has 0 spiro atoms. The van der Waals surface area contributed by atoms with E-state index in [1.165, 1.54) is 11.1 Å². The second-order valence-electron chi connectivity index (χ2n) is 7.12. The maximum absolute atomic E-state index is 9.67. The number of benzodiazepines with no additional fused rings is 1. The monoisotopic (exact) mass is 390 g/mol. The van der Waals surface area contributed by atoms with Gasteiger partial charge in [0, 0.05) is 28.4 Å². The molecule has 1 aliphatic heterocycles. The van der Waals surface area contributed by atoms with Crippen molar-refractivity contribution in [3.05, 3.63) is 94.0 Å². The molecule has 0 radical (unpaired) electrons. The Morgan fingerprint density at radius 1 is 1.00 bits per heavy atom. The molecule has 0 fully saturated rings. The first-order chi connectivity index (χ1) is 13.6. The lowest BCUT2D eigenvalue weighted by molar-refractivity contribution is 0.475. The number of phenols is 1. The zero-order valence-electron chi connectivity index (χ0n) is 15.8. The molecule has 28 heavy (non-hydrogen) atoms. The van der Waals surface area contributed by atoms with Gasteiger partial charge in [0.2, 0.25) is 0 Å². The van der Waals surface area contributed by atoms with E-state index in [1.807, 2.05) is 30.3 Å². The van der Waals surface area contributed by atoms with Crippen LogP contribution in [0.15, 0.2) is 71.7 Å². The molecule has 0 bridgehead atoms. The van der Waals surface area contributed by atoms with Crippen LogP contribution in [0.25, 0.3) is 0 Å². The molecule has 0 amide bonds. The molecule has 142 valence electrons. The lowest BCUT2D eigenvalue weighted by atomic mass is 10.00. The first-order valence-electron chi connectivity index (χ1n) is 9.61. The summed E-state index contributed by atoms with van der Waals surface area (Å²) in [6.45, 7) is 2.92. The van der Waals surface area contributed by atoms with E-state index < -0.39 is 0 Å². The Morgan fingerprint density at radius 3 is 2.43 bits per heavy atom. The van der Waals surface area contributed by atoms with Gasteiger partial charge in [0.25, 0.3) is 0 Å². The van der Waals surface area contributed by atoms with Crippen molar-refractivity contribution >= 4 is 23.0 Å². The SMILES string of the molecule is CCc1ccc(CC2CNc3ccc(Cl)cc3C(c3ccc(O)cc3)=N2)cc1. The summed E-state index contributed by atoms with van der Waals surface area (Å²) in [6, 6.07) is 21.9. The number of benzene rings is 3. The number of hydrogen-bond acceptors (Lipinski definition) is 3. The number of aliphatic imine (C=N–C) groups is 1. The number of nitrogens with one attached hydrogen (secondary N) is 1. The third-order valence-corrected chi connectivity index (χ3v) is 5.35. The molecule has 3 aromatic rings. The van der Waals surface area contributed by atoms with Gasteiger partial charge in [-0.3, -0.25) is 4.99 Å². The predicted molar refractivity (Wildman–Crippen MR) is 117 cm³/mol. The first kappa shape index (κ1) is 18.6. The number of nitrogens with zero attached hydrogens (tertiary/aromatic N) is 1. The van der Waals surface area contributed by atoms with Crippen LogP contribution in [0, 0.1) is 0 Å². The average Bonchev–Trinajstić information content (AvgIpc) is 2.89. The molecule has 1 aliphatic rings. The smallest absolute Gasteiger partial charge is 0.115 e. The van der Waals surface area contributed by atoms with E-state index in [0.717, 1.165) is 41.9 Å². The molecule has 0 aromatic heterocycles. The second-order valence-corrected chi connectivity index (χ2v) is 7.56. The number of fused-ring (bicyclic) bond motifs is 1. The Balaban J connectivity index is 1.72. The predicted octanol–water partition coefficient (Wildman–Crippen LogP) is 5.48. The van der Waals surface area contributed by atoms with Gasteiger partial charge >= 0.3 is 0 Å². The summed E-state index contributed by atoms with van der Waals surface area (Å²) in [7, 11) is 0. The molecule has 0 aliphatic carbocycles. The molecule has 3 aromatic carbocycles. The minimum Gasteiger partial charge on any atom is -0.508 e. The van der Waals surface area contributed by atoms with Crippen LogP contribution in [-0.2, 0) is 12.8 Å². The minimum absolute atomic E-state index is 0.0995. The number of anilines is 1.